The molecule has 32 heavy (non-hydrogen) atoms. The van der Waals surface area contributed by atoms with E-state index in [0.717, 1.165) is 57.7 Å². The predicted octanol–water partition coefficient (Wildman–Crippen LogP) is 7.17. The summed E-state index contributed by atoms with van der Waals surface area (Å²) in [6, 6.07) is 21.5. The number of aromatic nitrogens is 4. The van der Waals surface area contributed by atoms with Crippen molar-refractivity contribution in [3.8, 4) is 22.8 Å². The van der Waals surface area contributed by atoms with Crippen molar-refractivity contribution >= 4 is 22.1 Å². The van der Waals surface area contributed by atoms with Crippen LogP contribution in [0.4, 0.5) is 0 Å². The second-order valence-electron chi connectivity index (χ2n) is 9.65. The van der Waals surface area contributed by atoms with Crippen LogP contribution in [-0.4, -0.2) is 19.9 Å². The lowest BCUT2D eigenvalue weighted by atomic mass is 10.0. The van der Waals surface area contributed by atoms with Gasteiger partial charge < -0.3 is 9.97 Å². The zero-order valence-electron chi connectivity index (χ0n) is 19.2. The Kier molecular flexibility index (Phi) is 5.30. The fourth-order valence-corrected chi connectivity index (χ4v) is 4.37. The van der Waals surface area contributed by atoms with Crippen LogP contribution in [0.1, 0.15) is 38.8 Å². The fraction of sp³-hybridized carbons (Fsp3) is 0.286. The second-order valence-corrected chi connectivity index (χ2v) is 9.65. The second kappa shape index (κ2) is 8.27. The average Bonchev–Trinajstić information content (AvgIpc) is 3.36. The Hall–Kier alpha value is -3.40. The van der Waals surface area contributed by atoms with Crippen LogP contribution in [0.5, 0.6) is 0 Å². The highest BCUT2D eigenvalue weighted by atomic mass is 14.9. The molecule has 0 spiro atoms. The summed E-state index contributed by atoms with van der Waals surface area (Å²) < 4.78 is 0. The highest BCUT2D eigenvalue weighted by molar-refractivity contribution is 5.82. The normalized spacial score (nSPS) is 11.9. The van der Waals surface area contributed by atoms with Gasteiger partial charge in [-0.2, -0.15) is 0 Å². The average molecular weight is 423 g/mol. The lowest BCUT2D eigenvalue weighted by Crippen LogP contribution is -1.93. The first-order chi connectivity index (χ1) is 15.4. The SMILES string of the molecule is CC(C)Cc1ccc2nc(-c3ccc(-c4nc5ccc(CC(C)C)cc5[nH]4)cc3)[nH]c2c1. The Morgan fingerprint density at radius 2 is 1.00 bits per heavy atom. The number of hydrogen-bond acceptors (Lipinski definition) is 2. The van der Waals surface area contributed by atoms with Gasteiger partial charge in [0.15, 0.2) is 0 Å². The standard InChI is InChI=1S/C28H30N4/c1-17(2)13-19-5-11-23-25(15-19)31-27(29-23)21-7-9-22(10-8-21)28-30-24-12-6-20(14-18(3)4)16-26(24)32-28/h5-12,15-18H,13-14H2,1-4H3,(H,29,31)(H,30,32). The zero-order chi connectivity index (χ0) is 22.2. The lowest BCUT2D eigenvalue weighted by Gasteiger charge is -2.03. The number of aromatic amines is 2. The number of nitrogens with one attached hydrogen (secondary N) is 2. The van der Waals surface area contributed by atoms with Crippen molar-refractivity contribution in [1.29, 1.82) is 0 Å². The summed E-state index contributed by atoms with van der Waals surface area (Å²) in [4.78, 5) is 16.6. The Balaban J connectivity index is 1.41. The van der Waals surface area contributed by atoms with Crippen LogP contribution < -0.4 is 0 Å². The molecule has 0 fully saturated rings. The maximum atomic E-state index is 4.79. The summed E-state index contributed by atoms with van der Waals surface area (Å²) in [5.41, 5.74) is 9.04. The molecule has 0 saturated heterocycles. The van der Waals surface area contributed by atoms with E-state index < -0.39 is 0 Å². The molecular weight excluding hydrogens is 392 g/mol. The van der Waals surface area contributed by atoms with Gasteiger partial charge in [0.1, 0.15) is 11.6 Å². The van der Waals surface area contributed by atoms with Crippen molar-refractivity contribution in [2.24, 2.45) is 11.8 Å². The molecule has 0 amide bonds. The minimum Gasteiger partial charge on any atom is -0.338 e. The highest BCUT2D eigenvalue weighted by Crippen LogP contribution is 2.26. The highest BCUT2D eigenvalue weighted by Gasteiger charge is 2.10. The summed E-state index contributed by atoms with van der Waals surface area (Å²) in [5, 5.41) is 0. The quantitative estimate of drug-likeness (QED) is 0.305. The molecule has 0 bridgehead atoms. The van der Waals surface area contributed by atoms with Crippen LogP contribution >= 0.6 is 0 Å². The fourth-order valence-electron chi connectivity index (χ4n) is 4.37. The molecule has 4 nitrogen and oxygen atoms in total. The first-order valence-corrected chi connectivity index (χ1v) is 11.5. The first kappa shape index (κ1) is 20.5. The van der Waals surface area contributed by atoms with Gasteiger partial charge in [-0.1, -0.05) is 64.1 Å². The molecule has 0 aliphatic carbocycles. The molecule has 0 saturated carbocycles. The van der Waals surface area contributed by atoms with E-state index in [-0.39, 0.29) is 0 Å². The third-order valence-electron chi connectivity index (χ3n) is 5.81. The largest absolute Gasteiger partial charge is 0.338 e. The molecule has 5 rings (SSSR count). The van der Waals surface area contributed by atoms with Gasteiger partial charge in [0, 0.05) is 11.1 Å². The monoisotopic (exact) mass is 422 g/mol. The third-order valence-corrected chi connectivity index (χ3v) is 5.81. The van der Waals surface area contributed by atoms with E-state index in [9.17, 15) is 0 Å². The van der Waals surface area contributed by atoms with E-state index in [1.807, 2.05) is 0 Å². The number of nitrogens with zero attached hydrogens (tertiary/aromatic N) is 2. The smallest absolute Gasteiger partial charge is 0.138 e. The van der Waals surface area contributed by atoms with Gasteiger partial charge in [0.25, 0.3) is 0 Å². The van der Waals surface area contributed by atoms with E-state index in [4.69, 9.17) is 9.97 Å². The van der Waals surface area contributed by atoms with Crippen LogP contribution in [0.25, 0.3) is 44.8 Å². The van der Waals surface area contributed by atoms with Gasteiger partial charge in [-0.25, -0.2) is 9.97 Å². The molecule has 0 unspecified atom stereocenters. The summed E-state index contributed by atoms with van der Waals surface area (Å²) in [7, 11) is 0. The Bertz CT molecular complexity index is 1260. The van der Waals surface area contributed by atoms with Crippen LogP contribution in [0.3, 0.4) is 0 Å². The van der Waals surface area contributed by atoms with E-state index in [0.29, 0.717) is 11.8 Å². The van der Waals surface area contributed by atoms with E-state index in [1.165, 1.54) is 11.1 Å². The molecule has 0 aliphatic rings. The maximum Gasteiger partial charge on any atom is 0.138 e. The van der Waals surface area contributed by atoms with Crippen LogP contribution in [-0.2, 0) is 12.8 Å². The zero-order valence-corrected chi connectivity index (χ0v) is 19.2. The number of hydrogen-bond donors (Lipinski definition) is 2. The van der Waals surface area contributed by atoms with Gasteiger partial charge in [0.2, 0.25) is 0 Å². The Morgan fingerprint density at radius 1 is 0.594 bits per heavy atom. The molecule has 3 aromatic carbocycles. The molecule has 2 N–H and O–H groups in total. The first-order valence-electron chi connectivity index (χ1n) is 11.5. The van der Waals surface area contributed by atoms with E-state index >= 15 is 0 Å². The molecule has 2 aromatic heterocycles. The summed E-state index contributed by atoms with van der Waals surface area (Å²) in [6.45, 7) is 8.99. The van der Waals surface area contributed by atoms with Gasteiger partial charge >= 0.3 is 0 Å². The Morgan fingerprint density at radius 3 is 1.38 bits per heavy atom. The van der Waals surface area contributed by atoms with Crippen LogP contribution in [0.2, 0.25) is 0 Å². The molecule has 162 valence electrons. The minimum atomic E-state index is 0.641. The molecule has 4 heteroatoms. The molecule has 2 heterocycles. The molecule has 0 aliphatic heterocycles. The molecule has 0 atom stereocenters. The number of benzene rings is 3. The van der Waals surface area contributed by atoms with E-state index in [2.05, 4.69) is 98.3 Å². The molecule has 5 aromatic rings. The minimum absolute atomic E-state index is 0.641. The van der Waals surface area contributed by atoms with Gasteiger partial charge in [0.05, 0.1) is 22.1 Å². The topological polar surface area (TPSA) is 57.4 Å². The number of fused-ring (bicyclic) bond motifs is 2. The van der Waals surface area contributed by atoms with Crippen LogP contribution in [0.15, 0.2) is 60.7 Å². The van der Waals surface area contributed by atoms with Crippen molar-refractivity contribution in [1.82, 2.24) is 19.9 Å². The van der Waals surface area contributed by atoms with Crippen molar-refractivity contribution in [2.45, 2.75) is 40.5 Å². The number of H-pyrrole nitrogens is 2. The number of imidazole rings is 2. The van der Waals surface area contributed by atoms with Gasteiger partial charge in [-0.15, -0.1) is 0 Å². The number of rotatable bonds is 6. The van der Waals surface area contributed by atoms with Crippen LogP contribution in [0, 0.1) is 11.8 Å². The van der Waals surface area contributed by atoms with Crippen molar-refractivity contribution in [3.05, 3.63) is 71.8 Å². The van der Waals surface area contributed by atoms with E-state index in [1.54, 1.807) is 0 Å². The Labute approximate surface area is 189 Å². The van der Waals surface area contributed by atoms with Crippen molar-refractivity contribution in [3.63, 3.8) is 0 Å². The van der Waals surface area contributed by atoms with Crippen molar-refractivity contribution < 1.29 is 0 Å². The molecule has 0 radical (unpaired) electrons. The maximum absolute atomic E-state index is 4.79. The molecular formula is C28H30N4. The van der Waals surface area contributed by atoms with Crippen molar-refractivity contribution in [2.75, 3.05) is 0 Å². The van der Waals surface area contributed by atoms with Gasteiger partial charge in [-0.3, -0.25) is 0 Å². The third kappa shape index (κ3) is 4.18. The summed E-state index contributed by atoms with van der Waals surface area (Å²) in [5.74, 6) is 3.08. The summed E-state index contributed by atoms with van der Waals surface area (Å²) in [6.07, 6.45) is 2.16. The summed E-state index contributed by atoms with van der Waals surface area (Å²) >= 11 is 0. The predicted molar refractivity (Wildman–Crippen MR) is 134 cm³/mol. The lowest BCUT2D eigenvalue weighted by molar-refractivity contribution is 0.647. The van der Waals surface area contributed by atoms with Gasteiger partial charge in [-0.05, 0) is 60.1 Å².